The minimum atomic E-state index is -4.84. The molecule has 0 heterocycles. The molecule has 0 aromatic heterocycles. The monoisotopic (exact) mass is 318 g/mol. The summed E-state index contributed by atoms with van der Waals surface area (Å²) in [6.45, 7) is 3.34. The predicted octanol–water partition coefficient (Wildman–Crippen LogP) is 3.29. The zero-order valence-electron chi connectivity index (χ0n) is 12.3. The molecule has 22 heavy (non-hydrogen) atoms. The fourth-order valence-corrected chi connectivity index (χ4v) is 1.67. The largest absolute Gasteiger partial charge is 0.466 e. The van der Waals surface area contributed by atoms with Crippen LogP contribution in [-0.2, 0) is 20.7 Å². The van der Waals surface area contributed by atoms with Crippen molar-refractivity contribution in [1.82, 2.24) is 0 Å². The Kier molecular flexibility index (Phi) is 6.39. The highest BCUT2D eigenvalue weighted by Gasteiger charge is 2.44. The van der Waals surface area contributed by atoms with Gasteiger partial charge in [-0.1, -0.05) is 19.1 Å². The number of hydrogen-bond acceptors (Lipinski definition) is 4. The number of benzene rings is 1. The Bertz CT molecular complexity index is 509. The average molecular weight is 318 g/mol. The Morgan fingerprint density at radius 3 is 2.18 bits per heavy atom. The van der Waals surface area contributed by atoms with Crippen LogP contribution >= 0.6 is 0 Å². The molecule has 4 nitrogen and oxygen atoms in total. The lowest BCUT2D eigenvalue weighted by atomic mass is 10.1. The molecule has 0 saturated heterocycles. The molecule has 1 atom stereocenters. The topological polar surface area (TPSA) is 52.6 Å². The minimum absolute atomic E-state index is 0.00434. The zero-order valence-corrected chi connectivity index (χ0v) is 12.3. The lowest BCUT2D eigenvalue weighted by molar-refractivity contribution is -0.209. The lowest BCUT2D eigenvalue weighted by Crippen LogP contribution is -2.36. The first kappa shape index (κ1) is 18.0. The maximum atomic E-state index is 12.8. The Hall–Kier alpha value is -2.05. The van der Waals surface area contributed by atoms with Gasteiger partial charge in [0.2, 0.25) is 6.10 Å². The van der Waals surface area contributed by atoms with Gasteiger partial charge in [0.15, 0.2) is 0 Å². The highest BCUT2D eigenvalue weighted by molar-refractivity contribution is 5.89. The van der Waals surface area contributed by atoms with E-state index >= 15 is 0 Å². The van der Waals surface area contributed by atoms with E-state index in [9.17, 15) is 22.8 Å². The summed E-state index contributed by atoms with van der Waals surface area (Å²) in [6, 6.07) is 6.03. The Balaban J connectivity index is 2.79. The highest BCUT2D eigenvalue weighted by atomic mass is 19.4. The summed E-state index contributed by atoms with van der Waals surface area (Å²) in [5.41, 5.74) is 0.936. The van der Waals surface area contributed by atoms with Gasteiger partial charge in [-0.2, -0.15) is 13.2 Å². The first-order valence-electron chi connectivity index (χ1n) is 6.80. The number of carbonyl (C=O) groups excluding carboxylic acids is 2. The summed E-state index contributed by atoms with van der Waals surface area (Å²) in [5, 5.41) is 0. The van der Waals surface area contributed by atoms with Gasteiger partial charge in [-0.15, -0.1) is 0 Å². The van der Waals surface area contributed by atoms with Crippen molar-refractivity contribution in [3.63, 3.8) is 0 Å². The van der Waals surface area contributed by atoms with Crippen LogP contribution in [0.5, 0.6) is 0 Å². The van der Waals surface area contributed by atoms with E-state index < -0.39 is 30.6 Å². The number of hydrogen-bond donors (Lipinski definition) is 0. The molecule has 1 aromatic rings. The SMILES string of the molecule is CCOC(=O)CC(OC(=O)c1ccc(CC)cc1)C(F)(F)F. The molecular weight excluding hydrogens is 301 g/mol. The van der Waals surface area contributed by atoms with E-state index in [0.29, 0.717) is 0 Å². The van der Waals surface area contributed by atoms with Crippen molar-refractivity contribution in [3.05, 3.63) is 35.4 Å². The van der Waals surface area contributed by atoms with Crippen LogP contribution in [-0.4, -0.2) is 30.8 Å². The second-order valence-corrected chi connectivity index (χ2v) is 4.50. The van der Waals surface area contributed by atoms with Gasteiger partial charge in [0.05, 0.1) is 18.6 Å². The molecule has 7 heteroatoms. The van der Waals surface area contributed by atoms with E-state index in [4.69, 9.17) is 0 Å². The fourth-order valence-electron chi connectivity index (χ4n) is 1.67. The fraction of sp³-hybridized carbons (Fsp3) is 0.467. The van der Waals surface area contributed by atoms with Crippen molar-refractivity contribution in [2.75, 3.05) is 6.61 Å². The van der Waals surface area contributed by atoms with E-state index in [0.717, 1.165) is 12.0 Å². The highest BCUT2D eigenvalue weighted by Crippen LogP contribution is 2.26. The number of alkyl halides is 3. The van der Waals surface area contributed by atoms with Crippen molar-refractivity contribution in [2.24, 2.45) is 0 Å². The maximum absolute atomic E-state index is 12.8. The number of esters is 2. The molecule has 1 aromatic carbocycles. The predicted molar refractivity (Wildman–Crippen MR) is 72.3 cm³/mol. The van der Waals surface area contributed by atoms with Crippen molar-refractivity contribution < 1.29 is 32.2 Å². The number of aryl methyl sites for hydroxylation is 1. The molecule has 0 saturated carbocycles. The number of halogens is 3. The second-order valence-electron chi connectivity index (χ2n) is 4.50. The summed E-state index contributed by atoms with van der Waals surface area (Å²) in [5.74, 6) is -2.20. The van der Waals surface area contributed by atoms with Crippen molar-refractivity contribution in [3.8, 4) is 0 Å². The smallest absolute Gasteiger partial charge is 0.426 e. The molecule has 0 radical (unpaired) electrons. The Morgan fingerprint density at radius 1 is 1.14 bits per heavy atom. The molecule has 0 N–H and O–H groups in total. The van der Waals surface area contributed by atoms with E-state index in [1.54, 1.807) is 12.1 Å². The molecule has 0 aliphatic carbocycles. The van der Waals surface area contributed by atoms with Crippen LogP contribution in [0.15, 0.2) is 24.3 Å². The van der Waals surface area contributed by atoms with Gasteiger partial charge in [-0.05, 0) is 31.0 Å². The van der Waals surface area contributed by atoms with Gasteiger partial charge in [-0.3, -0.25) is 4.79 Å². The molecule has 1 unspecified atom stereocenters. The maximum Gasteiger partial charge on any atom is 0.426 e. The average Bonchev–Trinajstić information content (AvgIpc) is 2.46. The molecule has 0 aliphatic heterocycles. The number of rotatable bonds is 6. The minimum Gasteiger partial charge on any atom is -0.466 e. The Labute approximate surface area is 126 Å². The summed E-state index contributed by atoms with van der Waals surface area (Å²) in [7, 11) is 0. The third-order valence-corrected chi connectivity index (χ3v) is 2.87. The van der Waals surface area contributed by atoms with Crippen LogP contribution in [0.3, 0.4) is 0 Å². The van der Waals surface area contributed by atoms with E-state index in [-0.39, 0.29) is 12.2 Å². The summed E-state index contributed by atoms with van der Waals surface area (Å²) in [6.07, 6.45) is -7.68. The third kappa shape index (κ3) is 5.38. The summed E-state index contributed by atoms with van der Waals surface area (Å²) < 4.78 is 47.4. The molecule has 0 aliphatic rings. The Morgan fingerprint density at radius 2 is 1.73 bits per heavy atom. The standard InChI is InChI=1S/C15H17F3O4/c1-3-10-5-7-11(8-6-10)14(20)22-12(15(16,17)18)9-13(19)21-4-2/h5-8,12H,3-4,9H2,1-2H3. The normalized spacial score (nSPS) is 12.6. The second kappa shape index (κ2) is 7.82. The van der Waals surface area contributed by atoms with Gasteiger partial charge in [0.25, 0.3) is 0 Å². The van der Waals surface area contributed by atoms with Crippen LogP contribution in [0.25, 0.3) is 0 Å². The first-order valence-corrected chi connectivity index (χ1v) is 6.80. The van der Waals surface area contributed by atoms with Gasteiger partial charge in [0, 0.05) is 0 Å². The van der Waals surface area contributed by atoms with E-state index in [1.165, 1.54) is 19.1 Å². The van der Waals surface area contributed by atoms with E-state index in [1.807, 2.05) is 6.92 Å². The van der Waals surface area contributed by atoms with Crippen molar-refractivity contribution in [1.29, 1.82) is 0 Å². The third-order valence-electron chi connectivity index (χ3n) is 2.87. The molecule has 0 fully saturated rings. The van der Waals surface area contributed by atoms with E-state index in [2.05, 4.69) is 9.47 Å². The molecule has 0 amide bonds. The number of ether oxygens (including phenoxy) is 2. The van der Waals surface area contributed by atoms with Crippen molar-refractivity contribution >= 4 is 11.9 Å². The van der Waals surface area contributed by atoms with Crippen LogP contribution < -0.4 is 0 Å². The first-order chi connectivity index (χ1) is 10.3. The summed E-state index contributed by atoms with van der Waals surface area (Å²) >= 11 is 0. The molecular formula is C15H17F3O4. The van der Waals surface area contributed by atoms with Crippen molar-refractivity contribution in [2.45, 2.75) is 39.0 Å². The number of carbonyl (C=O) groups is 2. The van der Waals surface area contributed by atoms with Gasteiger partial charge in [-0.25, -0.2) is 4.79 Å². The van der Waals surface area contributed by atoms with Gasteiger partial charge in [0.1, 0.15) is 0 Å². The lowest BCUT2D eigenvalue weighted by Gasteiger charge is -2.20. The molecule has 1 rings (SSSR count). The quantitative estimate of drug-likeness (QED) is 0.755. The van der Waals surface area contributed by atoms with Gasteiger partial charge >= 0.3 is 18.1 Å². The van der Waals surface area contributed by atoms with Crippen LogP contribution in [0.4, 0.5) is 13.2 Å². The van der Waals surface area contributed by atoms with Crippen LogP contribution in [0.1, 0.15) is 36.2 Å². The van der Waals surface area contributed by atoms with Crippen LogP contribution in [0, 0.1) is 0 Å². The molecule has 122 valence electrons. The molecule has 0 bridgehead atoms. The zero-order chi connectivity index (χ0) is 16.8. The van der Waals surface area contributed by atoms with Gasteiger partial charge < -0.3 is 9.47 Å². The van der Waals surface area contributed by atoms with Crippen LogP contribution in [0.2, 0.25) is 0 Å². The summed E-state index contributed by atoms with van der Waals surface area (Å²) in [4.78, 5) is 23.0. The molecule has 0 spiro atoms.